The number of hydrogen-bond donors (Lipinski definition) is 0. The van der Waals surface area contributed by atoms with Crippen molar-refractivity contribution in [3.05, 3.63) is 170 Å². The second kappa shape index (κ2) is 14.6. The Morgan fingerprint density at radius 1 is 0.333 bits per heavy atom. The smallest absolute Gasteiger partial charge is 0.116 e. The number of aromatic nitrogens is 8. The van der Waals surface area contributed by atoms with Crippen LogP contribution in [0.4, 0.5) is 34.1 Å². The first-order chi connectivity index (χ1) is 32.0. The molecule has 0 aliphatic carbocycles. The van der Waals surface area contributed by atoms with Gasteiger partial charge in [0.25, 0.3) is 0 Å². The lowest BCUT2D eigenvalue weighted by Gasteiger charge is -2.34. The molecule has 0 N–H and O–H groups in total. The van der Waals surface area contributed by atoms with Crippen LogP contribution in [0.5, 0.6) is 0 Å². The Labute approximate surface area is 381 Å². The molecule has 0 spiro atoms. The van der Waals surface area contributed by atoms with Gasteiger partial charge in [-0.15, -0.1) is 0 Å². The van der Waals surface area contributed by atoms with Crippen molar-refractivity contribution in [2.75, 3.05) is 9.80 Å². The van der Waals surface area contributed by atoms with Gasteiger partial charge in [-0.1, -0.05) is 114 Å². The van der Waals surface area contributed by atoms with Crippen molar-refractivity contribution >= 4 is 110 Å². The van der Waals surface area contributed by atoms with E-state index in [0.29, 0.717) is 0 Å². The number of fused-ring (bicyclic) bond motifs is 4. The van der Waals surface area contributed by atoms with Crippen LogP contribution in [0.3, 0.4) is 0 Å². The van der Waals surface area contributed by atoms with Crippen molar-refractivity contribution < 1.29 is 0 Å². The molecule has 4 aromatic heterocycles. The maximum absolute atomic E-state index is 4.93. The van der Waals surface area contributed by atoms with E-state index in [1.807, 2.05) is 24.8 Å². The number of para-hydroxylation sites is 4. The van der Waals surface area contributed by atoms with Crippen LogP contribution >= 0.6 is 0 Å². The second-order valence-corrected chi connectivity index (χ2v) is 19.1. The summed E-state index contributed by atoms with van der Waals surface area (Å²) in [6.07, 6.45) is 14.0. The van der Waals surface area contributed by atoms with Crippen LogP contribution in [0, 0.1) is 0 Å². The van der Waals surface area contributed by atoms with Crippen LogP contribution < -0.4 is 9.80 Å². The minimum Gasteiger partial charge on any atom is -0.305 e. The summed E-state index contributed by atoms with van der Waals surface area (Å²) in [5.74, 6) is 0. The molecular formula is C56H44N10. The summed E-state index contributed by atoms with van der Waals surface area (Å²) in [5.41, 5.74) is 11.1. The molecule has 0 saturated carbocycles. The van der Waals surface area contributed by atoms with Crippen molar-refractivity contribution in [2.45, 2.75) is 52.4 Å². The fourth-order valence-corrected chi connectivity index (χ4v) is 10.1. The second-order valence-electron chi connectivity index (χ2n) is 19.1. The quantitative estimate of drug-likeness (QED) is 0.150. The number of benzene rings is 8. The van der Waals surface area contributed by atoms with Crippen LogP contribution in [0.1, 0.15) is 52.7 Å². The molecule has 8 aromatic carbocycles. The minimum atomic E-state index is -0.252. The molecule has 10 heteroatoms. The van der Waals surface area contributed by atoms with E-state index in [-0.39, 0.29) is 10.8 Å². The molecule has 0 bridgehead atoms. The normalized spacial score (nSPS) is 12.4. The Morgan fingerprint density at radius 2 is 0.621 bits per heavy atom. The highest BCUT2D eigenvalue weighted by molar-refractivity contribution is 6.30. The van der Waals surface area contributed by atoms with E-state index in [9.17, 15) is 0 Å². The highest BCUT2D eigenvalue weighted by atomic mass is 15.2. The molecule has 0 aliphatic rings. The van der Waals surface area contributed by atoms with Crippen molar-refractivity contribution in [1.82, 2.24) is 39.9 Å². The van der Waals surface area contributed by atoms with Gasteiger partial charge in [0.05, 0.1) is 56.2 Å². The summed E-state index contributed by atoms with van der Waals surface area (Å²) >= 11 is 0. The fourth-order valence-electron chi connectivity index (χ4n) is 10.1. The molecule has 4 heterocycles. The summed E-state index contributed by atoms with van der Waals surface area (Å²) in [5, 5.41) is 10.8. The molecule has 0 aliphatic heterocycles. The minimum absolute atomic E-state index is 0.252. The molecule has 0 unspecified atom stereocenters. The van der Waals surface area contributed by atoms with E-state index in [1.54, 1.807) is 25.3 Å². The van der Waals surface area contributed by atoms with Gasteiger partial charge >= 0.3 is 0 Å². The van der Waals surface area contributed by atoms with Crippen molar-refractivity contribution in [2.24, 2.45) is 0 Å². The molecule has 12 aromatic rings. The number of nitrogens with zero attached hydrogens (tertiary/aromatic N) is 10. The molecule has 12 rings (SSSR count). The van der Waals surface area contributed by atoms with Gasteiger partial charge in [0.2, 0.25) is 0 Å². The van der Waals surface area contributed by atoms with Gasteiger partial charge in [-0.25, -0.2) is 39.9 Å². The van der Waals surface area contributed by atoms with Gasteiger partial charge in [0, 0.05) is 57.1 Å². The summed E-state index contributed by atoms with van der Waals surface area (Å²) in [6, 6.07) is 39.3. The third-order valence-corrected chi connectivity index (χ3v) is 13.0. The highest BCUT2D eigenvalue weighted by Crippen LogP contribution is 2.53. The molecule has 0 radical (unpaired) electrons. The van der Waals surface area contributed by atoms with Gasteiger partial charge in [-0.05, 0) is 79.9 Å². The molecule has 0 amide bonds. The average molecular weight is 857 g/mol. The Hall–Kier alpha value is -8.24. The van der Waals surface area contributed by atoms with Crippen LogP contribution in [0.15, 0.2) is 159 Å². The third kappa shape index (κ3) is 6.09. The molecule has 0 fully saturated rings. The molecule has 10 nitrogen and oxygen atoms in total. The lowest BCUT2D eigenvalue weighted by molar-refractivity contribution is 0.595. The summed E-state index contributed by atoms with van der Waals surface area (Å²) in [6.45, 7) is 13.8. The zero-order valence-electron chi connectivity index (χ0n) is 37.5. The zero-order chi connectivity index (χ0) is 44.9. The Morgan fingerprint density at radius 3 is 0.909 bits per heavy atom. The maximum atomic E-state index is 4.93. The standard InChI is InChI=1S/C56H44N10/c1-55(2,3)41-23-47(65(43-15-7-11-33-25-57-29-61-51(33)43)44-16-8-12-34-26-58-30-62-52(34)44)39-22-20-38-42(56(4,5)6)24-48(40-21-19-37(41)49(39)50(38)40)66(45-17-9-13-35-27-59-31-63-53(35)45)46-18-10-14-36-28-60-32-64-54(36)46/h7-32H,1-6H3. The van der Waals surface area contributed by atoms with Crippen molar-refractivity contribution in [3.8, 4) is 0 Å². The van der Waals surface area contributed by atoms with Gasteiger partial charge in [0.1, 0.15) is 25.3 Å². The van der Waals surface area contributed by atoms with Gasteiger partial charge < -0.3 is 9.80 Å². The fraction of sp³-hybridized carbons (Fsp3) is 0.143. The monoisotopic (exact) mass is 856 g/mol. The van der Waals surface area contributed by atoms with E-state index in [0.717, 1.165) is 88.5 Å². The number of hydrogen-bond acceptors (Lipinski definition) is 10. The molecule has 0 atom stereocenters. The lowest BCUT2D eigenvalue weighted by atomic mass is 9.77. The lowest BCUT2D eigenvalue weighted by Crippen LogP contribution is -2.18. The SMILES string of the molecule is CC(C)(C)c1cc(N(c2cccc3cncnc23)c2cccc3cncnc23)c2ccc3c(C(C)(C)C)cc(N(c4cccc5cncnc45)c4cccc5cncnc45)c4ccc1c2c43. The zero-order valence-corrected chi connectivity index (χ0v) is 37.5. The van der Waals surface area contributed by atoms with Crippen molar-refractivity contribution in [3.63, 3.8) is 0 Å². The van der Waals surface area contributed by atoms with E-state index in [1.165, 1.54) is 32.7 Å². The first kappa shape index (κ1) is 39.4. The first-order valence-corrected chi connectivity index (χ1v) is 22.2. The number of rotatable bonds is 6. The molecule has 66 heavy (non-hydrogen) atoms. The summed E-state index contributed by atoms with van der Waals surface area (Å²) in [7, 11) is 0. The first-order valence-electron chi connectivity index (χ1n) is 22.2. The van der Waals surface area contributed by atoms with E-state index in [2.05, 4.69) is 180 Å². The van der Waals surface area contributed by atoms with Gasteiger partial charge in [-0.2, -0.15) is 0 Å². The molecule has 0 saturated heterocycles. The van der Waals surface area contributed by atoms with E-state index in [4.69, 9.17) is 19.9 Å². The highest BCUT2D eigenvalue weighted by Gasteiger charge is 2.31. The summed E-state index contributed by atoms with van der Waals surface area (Å²) in [4.78, 5) is 42.1. The third-order valence-electron chi connectivity index (χ3n) is 13.0. The van der Waals surface area contributed by atoms with Crippen molar-refractivity contribution in [1.29, 1.82) is 0 Å². The number of anilines is 6. The molecular weight excluding hydrogens is 813 g/mol. The molecule has 318 valence electrons. The van der Waals surface area contributed by atoms with Gasteiger partial charge in [-0.3, -0.25) is 0 Å². The maximum Gasteiger partial charge on any atom is 0.116 e. The Balaban J connectivity index is 1.27. The van der Waals surface area contributed by atoms with Crippen LogP contribution in [0.25, 0.3) is 75.9 Å². The van der Waals surface area contributed by atoms with E-state index < -0.39 is 0 Å². The largest absolute Gasteiger partial charge is 0.305 e. The van der Waals surface area contributed by atoms with Crippen LogP contribution in [-0.2, 0) is 10.8 Å². The van der Waals surface area contributed by atoms with E-state index >= 15 is 0 Å². The van der Waals surface area contributed by atoms with Gasteiger partial charge in [0.15, 0.2) is 0 Å². The topological polar surface area (TPSA) is 110 Å². The predicted octanol–water partition coefficient (Wildman–Crippen LogP) is 13.9. The Bertz CT molecular complexity index is 3460. The summed E-state index contributed by atoms with van der Waals surface area (Å²) < 4.78 is 0. The van der Waals surface area contributed by atoms with Crippen LogP contribution in [-0.4, -0.2) is 39.9 Å². The predicted molar refractivity (Wildman–Crippen MR) is 269 cm³/mol. The van der Waals surface area contributed by atoms with Crippen LogP contribution in [0.2, 0.25) is 0 Å². The average Bonchev–Trinajstić information content (AvgIpc) is 3.33. The Kier molecular flexibility index (Phi) is 8.74.